The van der Waals surface area contributed by atoms with E-state index in [1.807, 2.05) is 6.92 Å². The van der Waals surface area contributed by atoms with Crippen LogP contribution in [-0.4, -0.2) is 35.6 Å². The first-order chi connectivity index (χ1) is 10.9. The predicted molar refractivity (Wildman–Crippen MR) is 79.2 cm³/mol. The van der Waals surface area contributed by atoms with Gasteiger partial charge in [-0.05, 0) is 19.3 Å². The molecular weight excluding hydrogens is 304 g/mol. The summed E-state index contributed by atoms with van der Waals surface area (Å²) in [5.74, 6) is -5.60. The van der Waals surface area contributed by atoms with E-state index in [2.05, 4.69) is 11.3 Å². The van der Waals surface area contributed by atoms with Gasteiger partial charge in [0.25, 0.3) is 0 Å². The van der Waals surface area contributed by atoms with Crippen molar-refractivity contribution in [3.05, 3.63) is 12.7 Å². The monoisotopic (exact) mass is 326 g/mol. The molecule has 23 heavy (non-hydrogen) atoms. The zero-order valence-corrected chi connectivity index (χ0v) is 13.2. The maximum Gasteiger partial charge on any atom is 0.337 e. The van der Waals surface area contributed by atoms with Crippen LogP contribution in [0.25, 0.3) is 0 Å². The smallest absolute Gasteiger partial charge is 0.337 e. The van der Waals surface area contributed by atoms with Crippen LogP contribution >= 0.6 is 0 Å². The summed E-state index contributed by atoms with van der Waals surface area (Å²) >= 11 is 0. The molecule has 2 atom stereocenters. The highest BCUT2D eigenvalue weighted by Crippen LogP contribution is 2.43. The van der Waals surface area contributed by atoms with Crippen molar-refractivity contribution in [1.29, 1.82) is 0 Å². The summed E-state index contributed by atoms with van der Waals surface area (Å²) < 4.78 is 9.62. The van der Waals surface area contributed by atoms with E-state index >= 15 is 0 Å². The quantitative estimate of drug-likeness (QED) is 0.329. The lowest BCUT2D eigenvalue weighted by atomic mass is 9.66. The number of hydrogen-bond donors (Lipinski definition) is 1. The van der Waals surface area contributed by atoms with Crippen LogP contribution in [0.1, 0.15) is 45.4 Å². The number of carbonyl (C=O) groups excluding carboxylic acids is 3. The Morgan fingerprint density at radius 1 is 1.30 bits per heavy atom. The van der Waals surface area contributed by atoms with Crippen LogP contribution in [0.15, 0.2) is 12.7 Å². The van der Waals surface area contributed by atoms with Gasteiger partial charge >= 0.3 is 23.9 Å². The fourth-order valence-corrected chi connectivity index (χ4v) is 2.73. The first-order valence-electron chi connectivity index (χ1n) is 7.68. The number of carbonyl (C=O) groups is 4. The minimum Gasteiger partial charge on any atom is -0.480 e. The Morgan fingerprint density at radius 3 is 2.57 bits per heavy atom. The molecule has 1 aliphatic rings. The molecule has 2 unspecified atom stereocenters. The molecule has 0 aromatic rings. The van der Waals surface area contributed by atoms with Gasteiger partial charge in [-0.2, -0.15) is 0 Å². The van der Waals surface area contributed by atoms with Crippen molar-refractivity contribution in [2.45, 2.75) is 45.4 Å². The zero-order chi connectivity index (χ0) is 17.5. The Morgan fingerprint density at radius 2 is 2.00 bits per heavy atom. The van der Waals surface area contributed by atoms with Crippen molar-refractivity contribution in [1.82, 2.24) is 0 Å². The molecule has 7 nitrogen and oxygen atoms in total. The topological polar surface area (TPSA) is 107 Å². The lowest BCUT2D eigenvalue weighted by Gasteiger charge is -2.36. The average molecular weight is 326 g/mol. The first kappa shape index (κ1) is 18.9. The lowest BCUT2D eigenvalue weighted by Crippen LogP contribution is -2.52. The van der Waals surface area contributed by atoms with E-state index in [1.165, 1.54) is 0 Å². The van der Waals surface area contributed by atoms with E-state index < -0.39 is 35.2 Å². The minimum atomic E-state index is -2.00. The van der Waals surface area contributed by atoms with Gasteiger partial charge in [-0.15, -0.1) is 0 Å². The molecule has 1 N–H and O–H groups in total. The van der Waals surface area contributed by atoms with Gasteiger partial charge in [0.05, 0.1) is 12.5 Å². The predicted octanol–water partition coefficient (Wildman–Crippen LogP) is 1.85. The highest BCUT2D eigenvalue weighted by Gasteiger charge is 2.58. The summed E-state index contributed by atoms with van der Waals surface area (Å²) in [6.07, 6.45) is 3.38. The fourth-order valence-electron chi connectivity index (χ4n) is 2.73. The van der Waals surface area contributed by atoms with Gasteiger partial charge < -0.3 is 14.6 Å². The van der Waals surface area contributed by atoms with Crippen molar-refractivity contribution in [3.8, 4) is 0 Å². The number of carboxylic acid groups (broad SMARTS) is 1. The van der Waals surface area contributed by atoms with Crippen molar-refractivity contribution in [3.63, 3.8) is 0 Å². The Labute approximate surface area is 134 Å². The second-order valence-corrected chi connectivity index (χ2v) is 5.51. The molecular formula is C16H22O7. The lowest BCUT2D eigenvalue weighted by molar-refractivity contribution is -0.185. The van der Waals surface area contributed by atoms with Crippen LogP contribution in [0.4, 0.5) is 0 Å². The van der Waals surface area contributed by atoms with Crippen LogP contribution in [0.3, 0.4) is 0 Å². The van der Waals surface area contributed by atoms with Crippen LogP contribution in [0.5, 0.6) is 0 Å². The third-order valence-corrected chi connectivity index (χ3v) is 4.04. The number of hydrogen-bond acceptors (Lipinski definition) is 6. The molecule has 1 aliphatic carbocycles. The number of rotatable bonds is 7. The summed E-state index contributed by atoms with van der Waals surface area (Å²) in [7, 11) is 0. The Hall–Kier alpha value is -2.18. The largest absolute Gasteiger partial charge is 0.480 e. The van der Waals surface area contributed by atoms with Crippen LogP contribution in [-0.2, 0) is 28.7 Å². The summed E-state index contributed by atoms with van der Waals surface area (Å²) in [6.45, 7) is 5.18. The number of esters is 3. The third kappa shape index (κ3) is 4.18. The van der Waals surface area contributed by atoms with E-state index in [9.17, 15) is 24.3 Å². The van der Waals surface area contributed by atoms with Gasteiger partial charge in [-0.25, -0.2) is 4.79 Å². The molecule has 0 amide bonds. The molecule has 0 aromatic carbocycles. The Balaban J connectivity index is 3.05. The standard InChI is InChI=1S/C16H22O7/c1-3-5-10-22-15(21)16(14(19)20)9-7-6-8-11(16)13(18)23-12(17)4-2/h4,11H,2-3,5-10H2,1H3,(H,19,20). The van der Waals surface area contributed by atoms with Crippen molar-refractivity contribution >= 4 is 23.9 Å². The molecule has 0 saturated heterocycles. The highest BCUT2D eigenvalue weighted by atomic mass is 16.6. The molecule has 1 fully saturated rings. The van der Waals surface area contributed by atoms with E-state index in [4.69, 9.17) is 4.74 Å². The molecule has 0 aliphatic heterocycles. The Kier molecular flexibility index (Phi) is 6.93. The molecule has 1 saturated carbocycles. The number of ether oxygens (including phenoxy) is 2. The van der Waals surface area contributed by atoms with Gasteiger partial charge in [0.15, 0.2) is 5.41 Å². The first-order valence-corrected chi connectivity index (χ1v) is 7.68. The van der Waals surface area contributed by atoms with Crippen LogP contribution < -0.4 is 0 Å². The average Bonchev–Trinajstić information content (AvgIpc) is 2.54. The molecule has 0 spiro atoms. The van der Waals surface area contributed by atoms with E-state index in [-0.39, 0.29) is 19.4 Å². The van der Waals surface area contributed by atoms with Gasteiger partial charge in [0.2, 0.25) is 0 Å². The zero-order valence-electron chi connectivity index (χ0n) is 13.2. The van der Waals surface area contributed by atoms with E-state index in [1.54, 1.807) is 0 Å². The van der Waals surface area contributed by atoms with E-state index in [0.29, 0.717) is 19.3 Å². The molecule has 0 bridgehead atoms. The number of aliphatic carboxylic acids is 1. The van der Waals surface area contributed by atoms with E-state index in [0.717, 1.165) is 12.5 Å². The van der Waals surface area contributed by atoms with Crippen LogP contribution in [0.2, 0.25) is 0 Å². The SMILES string of the molecule is C=CC(=O)OC(=O)C1CCCCC1(C(=O)O)C(=O)OCCCC. The number of carboxylic acids is 1. The highest BCUT2D eigenvalue weighted by molar-refractivity contribution is 6.05. The molecule has 7 heteroatoms. The maximum atomic E-state index is 12.4. The summed E-state index contributed by atoms with van der Waals surface area (Å²) in [6, 6.07) is 0. The van der Waals surface area contributed by atoms with Crippen molar-refractivity contribution in [2.75, 3.05) is 6.61 Å². The second kappa shape index (κ2) is 8.45. The molecule has 0 aromatic heterocycles. The molecule has 1 rings (SSSR count). The van der Waals surface area contributed by atoms with Gasteiger partial charge in [0, 0.05) is 6.08 Å². The van der Waals surface area contributed by atoms with Gasteiger partial charge in [0.1, 0.15) is 0 Å². The summed E-state index contributed by atoms with van der Waals surface area (Å²) in [4.78, 5) is 47.6. The van der Waals surface area contributed by atoms with Crippen molar-refractivity contribution in [2.24, 2.45) is 11.3 Å². The molecule has 128 valence electrons. The Bertz CT molecular complexity index is 497. The normalized spacial score (nSPS) is 23.6. The molecule has 0 radical (unpaired) electrons. The fraction of sp³-hybridized carbons (Fsp3) is 0.625. The van der Waals surface area contributed by atoms with Crippen LogP contribution in [0, 0.1) is 11.3 Å². The number of unbranched alkanes of at least 4 members (excludes halogenated alkanes) is 1. The van der Waals surface area contributed by atoms with Gasteiger partial charge in [-0.3, -0.25) is 14.4 Å². The maximum absolute atomic E-state index is 12.4. The van der Waals surface area contributed by atoms with Crippen molar-refractivity contribution < 1.29 is 33.8 Å². The second-order valence-electron chi connectivity index (χ2n) is 5.51. The van der Waals surface area contributed by atoms with Gasteiger partial charge in [-0.1, -0.05) is 32.8 Å². The minimum absolute atomic E-state index is 0.0185. The molecule has 0 heterocycles. The summed E-state index contributed by atoms with van der Waals surface area (Å²) in [5, 5.41) is 9.61. The summed E-state index contributed by atoms with van der Waals surface area (Å²) in [5.41, 5.74) is -2.00. The third-order valence-electron chi connectivity index (χ3n) is 4.04.